The van der Waals surface area contributed by atoms with E-state index in [9.17, 15) is 4.39 Å². The number of H-pyrrole nitrogens is 1. The second-order valence-electron chi connectivity index (χ2n) is 4.63. The van der Waals surface area contributed by atoms with Gasteiger partial charge in [-0.2, -0.15) is 0 Å². The van der Waals surface area contributed by atoms with Gasteiger partial charge in [0.2, 0.25) is 0 Å². The SMILES string of the molecule is COc1ccccc1-c1[nH]c2ccc(F)cc2c1C(N)=S. The molecule has 0 bridgehead atoms. The lowest BCUT2D eigenvalue weighted by molar-refractivity contribution is 0.416. The molecule has 1 aromatic heterocycles. The number of para-hydroxylation sites is 1. The van der Waals surface area contributed by atoms with Gasteiger partial charge in [0.15, 0.2) is 0 Å². The van der Waals surface area contributed by atoms with Gasteiger partial charge in [-0.05, 0) is 30.3 Å². The van der Waals surface area contributed by atoms with E-state index in [1.807, 2.05) is 24.3 Å². The molecular formula is C16H13FN2OS. The molecular weight excluding hydrogens is 287 g/mol. The van der Waals surface area contributed by atoms with Gasteiger partial charge in [0.25, 0.3) is 0 Å². The molecule has 0 unspecified atom stereocenters. The third-order valence-corrected chi connectivity index (χ3v) is 3.59. The normalized spacial score (nSPS) is 10.8. The number of methoxy groups -OCH3 is 1. The summed E-state index contributed by atoms with van der Waals surface area (Å²) in [7, 11) is 1.60. The smallest absolute Gasteiger partial charge is 0.128 e. The highest BCUT2D eigenvalue weighted by Gasteiger charge is 2.18. The van der Waals surface area contributed by atoms with Crippen molar-refractivity contribution in [2.45, 2.75) is 0 Å². The molecule has 0 saturated carbocycles. The summed E-state index contributed by atoms with van der Waals surface area (Å²) in [6.07, 6.45) is 0. The Hall–Kier alpha value is -2.40. The average Bonchev–Trinajstić information content (AvgIpc) is 2.85. The second kappa shape index (κ2) is 5.18. The number of fused-ring (bicyclic) bond motifs is 1. The zero-order valence-electron chi connectivity index (χ0n) is 11.3. The summed E-state index contributed by atoms with van der Waals surface area (Å²) in [5.41, 5.74) is 8.83. The Morgan fingerprint density at radius 3 is 2.71 bits per heavy atom. The summed E-state index contributed by atoms with van der Waals surface area (Å²) in [4.78, 5) is 3.47. The highest BCUT2D eigenvalue weighted by atomic mass is 32.1. The number of rotatable bonds is 3. The van der Waals surface area contributed by atoms with Crippen molar-refractivity contribution < 1.29 is 9.13 Å². The minimum atomic E-state index is -0.328. The van der Waals surface area contributed by atoms with Crippen molar-refractivity contribution in [1.82, 2.24) is 4.98 Å². The Balaban J connectivity index is 2.37. The van der Waals surface area contributed by atoms with E-state index in [1.165, 1.54) is 12.1 Å². The lowest BCUT2D eigenvalue weighted by Crippen LogP contribution is -2.10. The number of halogens is 1. The molecule has 0 radical (unpaired) electrons. The minimum absolute atomic E-state index is 0.216. The fourth-order valence-corrected chi connectivity index (χ4v) is 2.69. The number of nitrogens with one attached hydrogen (secondary N) is 1. The van der Waals surface area contributed by atoms with E-state index >= 15 is 0 Å². The number of aromatic nitrogens is 1. The van der Waals surface area contributed by atoms with E-state index in [0.717, 1.165) is 16.8 Å². The van der Waals surface area contributed by atoms with Crippen LogP contribution in [-0.4, -0.2) is 17.1 Å². The lowest BCUT2D eigenvalue weighted by atomic mass is 10.0. The second-order valence-corrected chi connectivity index (χ2v) is 5.07. The number of aromatic amines is 1. The summed E-state index contributed by atoms with van der Waals surface area (Å²) in [5.74, 6) is 0.368. The first-order chi connectivity index (χ1) is 10.1. The summed E-state index contributed by atoms with van der Waals surface area (Å²) in [5, 5.41) is 0.670. The molecule has 0 fully saturated rings. The summed E-state index contributed by atoms with van der Waals surface area (Å²) in [6.45, 7) is 0. The van der Waals surface area contributed by atoms with E-state index in [-0.39, 0.29) is 10.8 Å². The van der Waals surface area contributed by atoms with Crippen molar-refractivity contribution in [3.05, 3.63) is 53.8 Å². The summed E-state index contributed by atoms with van der Waals surface area (Å²) in [6, 6.07) is 12.0. The number of nitrogens with two attached hydrogens (primary N) is 1. The Labute approximate surface area is 126 Å². The summed E-state index contributed by atoms with van der Waals surface area (Å²) < 4.78 is 18.9. The molecule has 5 heteroatoms. The van der Waals surface area contributed by atoms with Crippen LogP contribution in [0.2, 0.25) is 0 Å². The summed E-state index contributed by atoms with van der Waals surface area (Å²) >= 11 is 5.15. The van der Waals surface area contributed by atoms with Crippen LogP contribution in [0.15, 0.2) is 42.5 Å². The molecule has 0 spiro atoms. The number of ether oxygens (including phenoxy) is 1. The highest BCUT2D eigenvalue weighted by Crippen LogP contribution is 2.35. The number of thiocarbonyl (C=S) groups is 1. The maximum absolute atomic E-state index is 13.5. The number of benzene rings is 2. The molecule has 106 valence electrons. The lowest BCUT2D eigenvalue weighted by Gasteiger charge is -2.08. The van der Waals surface area contributed by atoms with Crippen LogP contribution < -0.4 is 10.5 Å². The van der Waals surface area contributed by atoms with Crippen LogP contribution in [0.1, 0.15) is 5.56 Å². The van der Waals surface area contributed by atoms with Gasteiger partial charge < -0.3 is 15.5 Å². The first-order valence-electron chi connectivity index (χ1n) is 6.36. The largest absolute Gasteiger partial charge is 0.496 e. The van der Waals surface area contributed by atoms with Gasteiger partial charge >= 0.3 is 0 Å². The van der Waals surface area contributed by atoms with Crippen molar-refractivity contribution in [1.29, 1.82) is 0 Å². The fraction of sp³-hybridized carbons (Fsp3) is 0.0625. The third kappa shape index (κ3) is 2.25. The molecule has 3 nitrogen and oxygen atoms in total. The molecule has 21 heavy (non-hydrogen) atoms. The standard InChI is InChI=1S/C16H13FN2OS/c1-20-13-5-3-2-4-10(13)15-14(16(18)21)11-8-9(17)6-7-12(11)19-15/h2-8,19H,1H3,(H2,18,21). The first-order valence-corrected chi connectivity index (χ1v) is 6.77. The van der Waals surface area contributed by atoms with Crippen LogP contribution in [0.25, 0.3) is 22.2 Å². The molecule has 3 N–H and O–H groups in total. The molecule has 0 saturated heterocycles. The average molecular weight is 300 g/mol. The van der Waals surface area contributed by atoms with Gasteiger partial charge in [-0.15, -0.1) is 0 Å². The van der Waals surface area contributed by atoms with E-state index in [0.29, 0.717) is 16.7 Å². The highest BCUT2D eigenvalue weighted by molar-refractivity contribution is 7.80. The quantitative estimate of drug-likeness (QED) is 0.726. The van der Waals surface area contributed by atoms with Crippen LogP contribution >= 0.6 is 12.2 Å². The molecule has 0 atom stereocenters. The zero-order valence-corrected chi connectivity index (χ0v) is 12.1. The molecule has 0 aliphatic carbocycles. The van der Waals surface area contributed by atoms with Crippen LogP contribution in [-0.2, 0) is 0 Å². The van der Waals surface area contributed by atoms with Crippen molar-refractivity contribution in [3.63, 3.8) is 0 Å². The topological polar surface area (TPSA) is 51.0 Å². The fourth-order valence-electron chi connectivity index (χ4n) is 2.47. The van der Waals surface area contributed by atoms with E-state index in [4.69, 9.17) is 22.7 Å². The third-order valence-electron chi connectivity index (χ3n) is 3.38. The van der Waals surface area contributed by atoms with Gasteiger partial charge in [-0.1, -0.05) is 24.4 Å². The number of hydrogen-bond acceptors (Lipinski definition) is 2. The Kier molecular flexibility index (Phi) is 3.35. The van der Waals surface area contributed by atoms with E-state index in [1.54, 1.807) is 13.2 Å². The molecule has 0 amide bonds. The van der Waals surface area contributed by atoms with Crippen molar-refractivity contribution >= 4 is 28.1 Å². The Bertz CT molecular complexity index is 841. The molecule has 3 rings (SSSR count). The predicted molar refractivity (Wildman–Crippen MR) is 86.1 cm³/mol. The minimum Gasteiger partial charge on any atom is -0.496 e. The maximum Gasteiger partial charge on any atom is 0.128 e. The van der Waals surface area contributed by atoms with E-state index in [2.05, 4.69) is 4.98 Å². The zero-order chi connectivity index (χ0) is 15.0. The van der Waals surface area contributed by atoms with Gasteiger partial charge in [-0.3, -0.25) is 0 Å². The van der Waals surface area contributed by atoms with Crippen LogP contribution in [0.5, 0.6) is 5.75 Å². The monoisotopic (exact) mass is 300 g/mol. The Morgan fingerprint density at radius 1 is 1.24 bits per heavy atom. The van der Waals surface area contributed by atoms with Crippen molar-refractivity contribution in [2.24, 2.45) is 5.73 Å². The molecule has 3 aromatic rings. The van der Waals surface area contributed by atoms with Crippen molar-refractivity contribution in [2.75, 3.05) is 7.11 Å². The predicted octanol–water partition coefficient (Wildman–Crippen LogP) is 3.62. The molecule has 0 aliphatic rings. The van der Waals surface area contributed by atoms with Crippen molar-refractivity contribution in [3.8, 4) is 17.0 Å². The molecule has 1 heterocycles. The number of hydrogen-bond donors (Lipinski definition) is 2. The first kappa shape index (κ1) is 13.6. The van der Waals surface area contributed by atoms with Crippen LogP contribution in [0.3, 0.4) is 0 Å². The van der Waals surface area contributed by atoms with Gasteiger partial charge in [0, 0.05) is 22.0 Å². The van der Waals surface area contributed by atoms with Gasteiger partial charge in [0.1, 0.15) is 16.6 Å². The maximum atomic E-state index is 13.5. The van der Waals surface area contributed by atoms with Crippen LogP contribution in [0.4, 0.5) is 4.39 Å². The Morgan fingerprint density at radius 2 is 2.00 bits per heavy atom. The van der Waals surface area contributed by atoms with Crippen LogP contribution in [0, 0.1) is 5.82 Å². The van der Waals surface area contributed by atoms with Gasteiger partial charge in [-0.25, -0.2) is 4.39 Å². The molecule has 0 aliphatic heterocycles. The van der Waals surface area contributed by atoms with E-state index < -0.39 is 0 Å². The molecule has 2 aromatic carbocycles. The van der Waals surface area contributed by atoms with Gasteiger partial charge in [0.05, 0.1) is 12.8 Å².